The van der Waals surface area contributed by atoms with Gasteiger partial charge in [0.05, 0.1) is 24.9 Å². The van der Waals surface area contributed by atoms with Crippen molar-refractivity contribution in [2.24, 2.45) is 0 Å². The molecule has 0 radical (unpaired) electrons. The monoisotopic (exact) mass is 396 g/mol. The maximum Gasteiger partial charge on any atom is 0.257 e. The number of benzene rings is 2. The summed E-state index contributed by atoms with van der Waals surface area (Å²) in [4.78, 5) is 14.8. The fourth-order valence-electron chi connectivity index (χ4n) is 1.99. The van der Waals surface area contributed by atoms with Gasteiger partial charge in [0.25, 0.3) is 10.0 Å². The Morgan fingerprint density at radius 3 is 2.31 bits per heavy atom. The van der Waals surface area contributed by atoms with Gasteiger partial charge < -0.3 is 9.47 Å². The molecule has 0 aliphatic rings. The minimum absolute atomic E-state index is 0.0540. The molecule has 2 aromatic carbocycles. The van der Waals surface area contributed by atoms with Crippen LogP contribution in [0, 0.1) is 6.92 Å². The Bertz CT molecular complexity index is 867. The summed E-state index contributed by atoms with van der Waals surface area (Å²) in [6, 6.07) is 11.8. The van der Waals surface area contributed by atoms with Crippen LogP contribution in [0.2, 0.25) is 0 Å². The summed E-state index contributed by atoms with van der Waals surface area (Å²) >= 11 is 1.31. The molecule has 0 aromatic heterocycles. The van der Waals surface area contributed by atoms with Crippen LogP contribution in [0.15, 0.2) is 52.3 Å². The first-order chi connectivity index (χ1) is 12.4. The topological polar surface area (TPSA) is 93.7 Å². The van der Waals surface area contributed by atoms with Crippen LogP contribution in [0.1, 0.15) is 5.56 Å². The molecule has 0 aliphatic heterocycles. The third-order valence-electron chi connectivity index (χ3n) is 3.38. The lowest BCUT2D eigenvalue weighted by Crippen LogP contribution is -2.42. The predicted octanol–water partition coefficient (Wildman–Crippen LogP) is 2.11. The molecule has 9 heteroatoms. The van der Waals surface area contributed by atoms with Crippen molar-refractivity contribution in [3.05, 3.63) is 48.0 Å². The summed E-state index contributed by atoms with van der Waals surface area (Å²) in [7, 11) is -1.07. The van der Waals surface area contributed by atoms with Crippen molar-refractivity contribution in [2.75, 3.05) is 20.0 Å². The number of hydrogen-bond acceptors (Lipinski definition) is 6. The normalized spacial score (nSPS) is 11.0. The molecule has 140 valence electrons. The molecule has 2 N–H and O–H groups in total. The molecule has 0 heterocycles. The number of nitrogens with one attached hydrogen (secondary N) is 2. The van der Waals surface area contributed by atoms with E-state index in [1.807, 2.05) is 31.2 Å². The second kappa shape index (κ2) is 8.93. The number of ether oxygens (including phenoxy) is 2. The SMILES string of the molecule is COc1ccc(S(=O)(=O)NNC(=O)CSc2ccc(C)cc2)cc1OC. The van der Waals surface area contributed by atoms with Crippen LogP contribution in [-0.4, -0.2) is 34.3 Å². The number of aryl methyl sites for hydroxylation is 1. The van der Waals surface area contributed by atoms with Gasteiger partial charge in [-0.25, -0.2) is 8.42 Å². The number of rotatable bonds is 8. The van der Waals surface area contributed by atoms with Crippen LogP contribution in [0.5, 0.6) is 11.5 Å². The van der Waals surface area contributed by atoms with Crippen molar-refractivity contribution in [2.45, 2.75) is 16.7 Å². The third-order valence-corrected chi connectivity index (χ3v) is 5.64. The Morgan fingerprint density at radius 1 is 1.04 bits per heavy atom. The fourth-order valence-corrected chi connectivity index (χ4v) is 3.56. The minimum atomic E-state index is -3.93. The van der Waals surface area contributed by atoms with Gasteiger partial charge in [-0.2, -0.15) is 0 Å². The maximum absolute atomic E-state index is 12.3. The first kappa shape index (κ1) is 20.1. The van der Waals surface area contributed by atoms with Gasteiger partial charge in [-0.3, -0.25) is 10.2 Å². The van der Waals surface area contributed by atoms with E-state index in [2.05, 4.69) is 10.3 Å². The van der Waals surface area contributed by atoms with Crippen molar-refractivity contribution in [3.63, 3.8) is 0 Å². The number of thioether (sulfide) groups is 1. The Hall–Kier alpha value is -2.23. The first-order valence-electron chi connectivity index (χ1n) is 7.58. The number of carbonyl (C=O) groups excluding carboxylic acids is 1. The zero-order chi connectivity index (χ0) is 19.2. The van der Waals surface area contributed by atoms with E-state index >= 15 is 0 Å². The smallest absolute Gasteiger partial charge is 0.257 e. The Balaban J connectivity index is 1.94. The largest absolute Gasteiger partial charge is 0.493 e. The van der Waals surface area contributed by atoms with Crippen LogP contribution in [-0.2, 0) is 14.8 Å². The molecular weight excluding hydrogens is 376 g/mol. The summed E-state index contributed by atoms with van der Waals surface area (Å²) in [5, 5.41) is 0. The summed E-state index contributed by atoms with van der Waals surface area (Å²) in [5.41, 5.74) is 3.33. The molecule has 0 saturated carbocycles. The highest BCUT2D eigenvalue weighted by Gasteiger charge is 2.18. The van der Waals surface area contributed by atoms with Gasteiger partial charge in [-0.05, 0) is 31.2 Å². The lowest BCUT2D eigenvalue weighted by atomic mass is 10.2. The zero-order valence-electron chi connectivity index (χ0n) is 14.6. The van der Waals surface area contributed by atoms with Gasteiger partial charge in [0, 0.05) is 11.0 Å². The molecule has 1 amide bonds. The standard InChI is InChI=1S/C17H20N2O5S2/c1-12-4-6-13(7-5-12)25-11-17(20)18-19-26(21,22)14-8-9-15(23-2)16(10-14)24-3/h4-10,19H,11H2,1-3H3,(H,18,20). The molecule has 7 nitrogen and oxygen atoms in total. The number of amides is 1. The Labute approximate surface area is 157 Å². The number of hydrogen-bond donors (Lipinski definition) is 2. The van der Waals surface area contributed by atoms with E-state index in [1.165, 1.54) is 44.2 Å². The lowest BCUT2D eigenvalue weighted by Gasteiger charge is -2.11. The van der Waals surface area contributed by atoms with Crippen LogP contribution in [0.25, 0.3) is 0 Å². The maximum atomic E-state index is 12.3. The van der Waals surface area contributed by atoms with E-state index < -0.39 is 15.9 Å². The van der Waals surface area contributed by atoms with Crippen LogP contribution in [0.3, 0.4) is 0 Å². The highest BCUT2D eigenvalue weighted by molar-refractivity contribution is 8.00. The molecule has 2 aromatic rings. The second-order valence-corrected chi connectivity index (χ2v) is 8.00. The quantitative estimate of drug-likeness (QED) is 0.524. The van der Waals surface area contributed by atoms with E-state index in [4.69, 9.17) is 9.47 Å². The lowest BCUT2D eigenvalue weighted by molar-refractivity contribution is -0.119. The number of methoxy groups -OCH3 is 2. The van der Waals surface area contributed by atoms with Crippen molar-refractivity contribution in [3.8, 4) is 11.5 Å². The molecule has 0 fully saturated rings. The van der Waals surface area contributed by atoms with Crippen LogP contribution in [0.4, 0.5) is 0 Å². The summed E-state index contributed by atoms with van der Waals surface area (Å²) in [6.07, 6.45) is 0. The zero-order valence-corrected chi connectivity index (χ0v) is 16.2. The minimum Gasteiger partial charge on any atom is -0.493 e. The average molecular weight is 396 g/mol. The van der Waals surface area contributed by atoms with Gasteiger partial charge in [-0.15, -0.1) is 16.6 Å². The van der Waals surface area contributed by atoms with E-state index in [0.29, 0.717) is 5.75 Å². The van der Waals surface area contributed by atoms with Gasteiger partial charge in [0.2, 0.25) is 5.91 Å². The highest BCUT2D eigenvalue weighted by Crippen LogP contribution is 2.29. The molecule has 26 heavy (non-hydrogen) atoms. The van der Waals surface area contributed by atoms with Gasteiger partial charge >= 0.3 is 0 Å². The van der Waals surface area contributed by atoms with Crippen LogP contribution >= 0.6 is 11.8 Å². The number of hydrazine groups is 1. The molecule has 0 unspecified atom stereocenters. The van der Waals surface area contributed by atoms with Crippen molar-refractivity contribution in [1.82, 2.24) is 10.3 Å². The van der Waals surface area contributed by atoms with Gasteiger partial charge in [-0.1, -0.05) is 17.7 Å². The average Bonchev–Trinajstić information content (AvgIpc) is 2.65. The van der Waals surface area contributed by atoms with Crippen molar-refractivity contribution < 1.29 is 22.7 Å². The molecule has 0 aliphatic carbocycles. The Kier molecular flexibility index (Phi) is 6.90. The predicted molar refractivity (Wildman–Crippen MR) is 99.9 cm³/mol. The molecule has 0 atom stereocenters. The van der Waals surface area contributed by atoms with Gasteiger partial charge in [0.1, 0.15) is 0 Å². The third kappa shape index (κ3) is 5.38. The molecule has 0 spiro atoms. The van der Waals surface area contributed by atoms with E-state index in [9.17, 15) is 13.2 Å². The number of sulfonamides is 1. The Morgan fingerprint density at radius 2 is 1.69 bits per heavy atom. The van der Waals surface area contributed by atoms with Crippen molar-refractivity contribution in [1.29, 1.82) is 0 Å². The number of carbonyl (C=O) groups is 1. The molecular formula is C17H20N2O5S2. The van der Waals surface area contributed by atoms with Crippen LogP contribution < -0.4 is 19.7 Å². The first-order valence-corrected chi connectivity index (χ1v) is 10.0. The summed E-state index contributed by atoms with van der Waals surface area (Å²) < 4.78 is 34.7. The fraction of sp³-hybridized carbons (Fsp3) is 0.235. The molecule has 0 bridgehead atoms. The van der Waals surface area contributed by atoms with E-state index in [-0.39, 0.29) is 16.4 Å². The molecule has 2 rings (SSSR count). The summed E-state index contributed by atoms with van der Waals surface area (Å²) in [6.45, 7) is 1.98. The van der Waals surface area contributed by atoms with E-state index in [1.54, 1.807) is 0 Å². The highest BCUT2D eigenvalue weighted by atomic mass is 32.2. The van der Waals surface area contributed by atoms with Crippen molar-refractivity contribution >= 4 is 27.7 Å². The summed E-state index contributed by atoms with van der Waals surface area (Å²) in [5.74, 6) is 0.304. The van der Waals surface area contributed by atoms with E-state index in [0.717, 1.165) is 10.5 Å². The second-order valence-electron chi connectivity index (χ2n) is 5.27. The van der Waals surface area contributed by atoms with Gasteiger partial charge in [0.15, 0.2) is 11.5 Å². The molecule has 0 saturated heterocycles.